The molecule has 1 nitrogen and oxygen atoms in total. The van der Waals surface area contributed by atoms with Crippen molar-refractivity contribution < 1.29 is 5.11 Å². The molecule has 0 saturated carbocycles. The molecule has 3 atom stereocenters. The van der Waals surface area contributed by atoms with Crippen molar-refractivity contribution in [3.8, 4) is 5.75 Å². The van der Waals surface area contributed by atoms with Crippen LogP contribution < -0.4 is 0 Å². The molecule has 1 heteroatoms. The Morgan fingerprint density at radius 2 is 1.52 bits per heavy atom. The molecular formula is C24H24O. The molecule has 0 radical (unpaired) electrons. The Morgan fingerprint density at radius 1 is 0.840 bits per heavy atom. The number of phenols is 1. The minimum Gasteiger partial charge on any atom is -0.508 e. The molecule has 0 aliphatic heterocycles. The van der Waals surface area contributed by atoms with Gasteiger partial charge in [0.25, 0.3) is 0 Å². The summed E-state index contributed by atoms with van der Waals surface area (Å²) >= 11 is 0. The number of hydrogen-bond donors (Lipinski definition) is 1. The van der Waals surface area contributed by atoms with E-state index in [1.807, 2.05) is 12.1 Å². The Kier molecular flexibility index (Phi) is 4.31. The maximum absolute atomic E-state index is 9.63. The molecule has 25 heavy (non-hydrogen) atoms. The van der Waals surface area contributed by atoms with Crippen LogP contribution in [0.1, 0.15) is 41.0 Å². The van der Waals surface area contributed by atoms with E-state index in [-0.39, 0.29) is 0 Å². The summed E-state index contributed by atoms with van der Waals surface area (Å²) in [5.41, 5.74) is 5.71. The molecule has 0 fully saturated rings. The van der Waals surface area contributed by atoms with Crippen molar-refractivity contribution in [3.05, 3.63) is 101 Å². The lowest BCUT2D eigenvalue weighted by Crippen LogP contribution is -2.27. The zero-order valence-electron chi connectivity index (χ0n) is 14.6. The van der Waals surface area contributed by atoms with Gasteiger partial charge >= 0.3 is 0 Å². The van der Waals surface area contributed by atoms with Crippen molar-refractivity contribution in [2.24, 2.45) is 5.92 Å². The Morgan fingerprint density at radius 3 is 2.28 bits per heavy atom. The smallest absolute Gasteiger partial charge is 0.115 e. The van der Waals surface area contributed by atoms with Gasteiger partial charge in [0, 0.05) is 0 Å². The third-order valence-corrected chi connectivity index (χ3v) is 5.78. The van der Waals surface area contributed by atoms with Crippen molar-refractivity contribution in [2.75, 3.05) is 0 Å². The van der Waals surface area contributed by atoms with Gasteiger partial charge in [-0.15, -0.1) is 0 Å². The van der Waals surface area contributed by atoms with Gasteiger partial charge in [0.15, 0.2) is 0 Å². The van der Waals surface area contributed by atoms with Crippen LogP contribution >= 0.6 is 0 Å². The fourth-order valence-electron chi connectivity index (χ4n) is 4.38. The fourth-order valence-corrected chi connectivity index (χ4v) is 4.38. The van der Waals surface area contributed by atoms with E-state index in [2.05, 4.69) is 73.7 Å². The molecule has 1 aliphatic rings. The summed E-state index contributed by atoms with van der Waals surface area (Å²) in [7, 11) is 0. The van der Waals surface area contributed by atoms with Gasteiger partial charge in [-0.2, -0.15) is 0 Å². The van der Waals surface area contributed by atoms with Crippen molar-refractivity contribution in [1.29, 1.82) is 0 Å². The topological polar surface area (TPSA) is 20.2 Å². The molecule has 0 bridgehead atoms. The molecule has 3 aromatic rings. The van der Waals surface area contributed by atoms with E-state index in [0.717, 1.165) is 12.8 Å². The maximum Gasteiger partial charge on any atom is 0.115 e. The van der Waals surface area contributed by atoms with E-state index in [1.165, 1.54) is 22.3 Å². The third-order valence-electron chi connectivity index (χ3n) is 5.78. The first-order chi connectivity index (χ1) is 12.2. The molecule has 0 spiro atoms. The first-order valence-electron chi connectivity index (χ1n) is 9.13. The molecule has 1 N–H and O–H groups in total. The first kappa shape index (κ1) is 16.0. The minimum absolute atomic E-state index is 0.341. The fraction of sp³-hybridized carbons (Fsp3) is 0.250. The minimum atomic E-state index is 0.341. The van der Waals surface area contributed by atoms with Crippen LogP contribution in [0.5, 0.6) is 5.75 Å². The highest BCUT2D eigenvalue weighted by molar-refractivity contribution is 5.40. The van der Waals surface area contributed by atoms with Crippen LogP contribution in [0.3, 0.4) is 0 Å². The van der Waals surface area contributed by atoms with Gasteiger partial charge in [-0.05, 0) is 65.0 Å². The highest BCUT2D eigenvalue weighted by atomic mass is 16.3. The lowest BCUT2D eigenvalue weighted by atomic mass is 9.66. The number of phenolic OH excluding ortho intramolecular Hbond substituents is 1. The quantitative estimate of drug-likeness (QED) is 0.654. The second-order valence-corrected chi connectivity index (χ2v) is 7.26. The number of rotatable bonds is 3. The van der Waals surface area contributed by atoms with E-state index < -0.39 is 0 Å². The standard InChI is InChI=1S/C24H24O/c1-17-23(19-11-13-21(25)14-12-19)16-20-9-5-6-10-22(20)24(17)15-18-7-3-2-4-8-18/h2-14,17,23-25H,15-16H2,1H3. The van der Waals surface area contributed by atoms with Crippen molar-refractivity contribution >= 4 is 0 Å². The summed E-state index contributed by atoms with van der Waals surface area (Å²) in [5.74, 6) is 1.91. The molecule has 0 heterocycles. The molecule has 3 aromatic carbocycles. The number of benzene rings is 3. The summed E-state index contributed by atoms with van der Waals surface area (Å²) in [5, 5.41) is 9.63. The Labute approximate surface area is 150 Å². The molecule has 126 valence electrons. The third kappa shape index (κ3) is 3.19. The van der Waals surface area contributed by atoms with Crippen LogP contribution in [0.25, 0.3) is 0 Å². The highest BCUT2D eigenvalue weighted by Crippen LogP contribution is 2.45. The predicted octanol–water partition coefficient (Wildman–Crippen LogP) is 5.69. The molecule has 0 amide bonds. The van der Waals surface area contributed by atoms with Crippen LogP contribution in [0.2, 0.25) is 0 Å². The van der Waals surface area contributed by atoms with Crippen LogP contribution in [0.15, 0.2) is 78.9 Å². The Hall–Kier alpha value is -2.54. The second kappa shape index (κ2) is 6.76. The zero-order chi connectivity index (χ0) is 17.2. The Bertz CT molecular complexity index is 835. The van der Waals surface area contributed by atoms with Gasteiger partial charge in [-0.3, -0.25) is 0 Å². The number of fused-ring (bicyclic) bond motifs is 1. The van der Waals surface area contributed by atoms with Crippen LogP contribution in [0.4, 0.5) is 0 Å². The monoisotopic (exact) mass is 328 g/mol. The van der Waals surface area contributed by atoms with Gasteiger partial charge in [0.05, 0.1) is 0 Å². The van der Waals surface area contributed by atoms with Gasteiger partial charge < -0.3 is 5.11 Å². The normalized spacial score (nSPS) is 22.4. The first-order valence-corrected chi connectivity index (χ1v) is 9.13. The molecule has 4 rings (SSSR count). The summed E-state index contributed by atoms with van der Waals surface area (Å²) < 4.78 is 0. The highest BCUT2D eigenvalue weighted by Gasteiger charge is 2.34. The summed E-state index contributed by atoms with van der Waals surface area (Å²) in [6, 6.07) is 27.5. The lowest BCUT2D eigenvalue weighted by Gasteiger charge is -2.38. The van der Waals surface area contributed by atoms with Crippen molar-refractivity contribution in [2.45, 2.75) is 31.6 Å². The largest absolute Gasteiger partial charge is 0.508 e. The van der Waals surface area contributed by atoms with Crippen LogP contribution in [-0.4, -0.2) is 5.11 Å². The van der Waals surface area contributed by atoms with E-state index in [1.54, 1.807) is 0 Å². The van der Waals surface area contributed by atoms with Crippen LogP contribution in [0, 0.1) is 5.92 Å². The summed E-state index contributed by atoms with van der Waals surface area (Å²) in [4.78, 5) is 0. The summed E-state index contributed by atoms with van der Waals surface area (Å²) in [6.45, 7) is 2.39. The molecule has 0 aromatic heterocycles. The molecule has 0 saturated heterocycles. The van der Waals surface area contributed by atoms with Crippen molar-refractivity contribution in [1.82, 2.24) is 0 Å². The van der Waals surface area contributed by atoms with Gasteiger partial charge in [0.2, 0.25) is 0 Å². The Balaban J connectivity index is 1.72. The predicted molar refractivity (Wildman–Crippen MR) is 103 cm³/mol. The maximum atomic E-state index is 9.63. The lowest BCUT2D eigenvalue weighted by molar-refractivity contribution is 0.349. The summed E-state index contributed by atoms with van der Waals surface area (Å²) in [6.07, 6.45) is 2.15. The molecular weight excluding hydrogens is 304 g/mol. The number of aromatic hydroxyl groups is 1. The van der Waals surface area contributed by atoms with E-state index in [0.29, 0.717) is 23.5 Å². The van der Waals surface area contributed by atoms with E-state index in [4.69, 9.17) is 0 Å². The van der Waals surface area contributed by atoms with Gasteiger partial charge in [-0.25, -0.2) is 0 Å². The second-order valence-electron chi connectivity index (χ2n) is 7.26. The zero-order valence-corrected chi connectivity index (χ0v) is 14.6. The van der Waals surface area contributed by atoms with Gasteiger partial charge in [0.1, 0.15) is 5.75 Å². The molecule has 1 aliphatic carbocycles. The van der Waals surface area contributed by atoms with E-state index in [9.17, 15) is 5.11 Å². The van der Waals surface area contributed by atoms with Gasteiger partial charge in [-0.1, -0.05) is 73.7 Å². The average molecular weight is 328 g/mol. The van der Waals surface area contributed by atoms with Crippen molar-refractivity contribution in [3.63, 3.8) is 0 Å². The average Bonchev–Trinajstić information content (AvgIpc) is 2.65. The SMILES string of the molecule is CC1C(c2ccc(O)cc2)Cc2ccccc2C1Cc1ccccc1. The number of hydrogen-bond acceptors (Lipinski definition) is 1. The van der Waals surface area contributed by atoms with Crippen LogP contribution in [-0.2, 0) is 12.8 Å². The molecule has 3 unspecified atom stereocenters. The van der Waals surface area contributed by atoms with E-state index >= 15 is 0 Å².